The van der Waals surface area contributed by atoms with Crippen molar-refractivity contribution in [2.75, 3.05) is 31.3 Å². The molecule has 1 saturated heterocycles. The Bertz CT molecular complexity index is 160. The third-order valence-corrected chi connectivity index (χ3v) is 4.36. The maximum atomic E-state index is 5.48. The second-order valence-electron chi connectivity index (χ2n) is 4.57. The van der Waals surface area contributed by atoms with Gasteiger partial charge in [0, 0.05) is 24.3 Å². The minimum Gasteiger partial charge on any atom is -0.381 e. The van der Waals surface area contributed by atoms with Crippen LogP contribution in [0, 0.1) is 5.92 Å². The molecule has 0 saturated carbocycles. The molecule has 16 heavy (non-hydrogen) atoms. The molecule has 1 aliphatic heterocycles. The molecule has 2 unspecified atom stereocenters. The predicted octanol–water partition coefficient (Wildman–Crippen LogP) is 2.92. The van der Waals surface area contributed by atoms with Crippen LogP contribution in [-0.4, -0.2) is 37.3 Å². The molecule has 0 aromatic carbocycles. The molecule has 1 rings (SSSR count). The van der Waals surface area contributed by atoms with Crippen molar-refractivity contribution in [1.29, 1.82) is 0 Å². The smallest absolute Gasteiger partial charge is 0.0510 e. The van der Waals surface area contributed by atoms with Gasteiger partial charge in [0.2, 0.25) is 0 Å². The first kappa shape index (κ1) is 14.3. The van der Waals surface area contributed by atoms with Crippen molar-refractivity contribution in [1.82, 2.24) is 5.32 Å². The molecular formula is C13H27NOS. The zero-order valence-electron chi connectivity index (χ0n) is 10.8. The van der Waals surface area contributed by atoms with Gasteiger partial charge in [-0.1, -0.05) is 26.7 Å². The van der Waals surface area contributed by atoms with E-state index in [1.807, 2.05) is 0 Å². The Morgan fingerprint density at radius 2 is 2.25 bits per heavy atom. The van der Waals surface area contributed by atoms with Gasteiger partial charge in [-0.2, -0.15) is 11.8 Å². The summed E-state index contributed by atoms with van der Waals surface area (Å²) in [4.78, 5) is 0. The summed E-state index contributed by atoms with van der Waals surface area (Å²) in [5.41, 5.74) is 0. The van der Waals surface area contributed by atoms with Crippen LogP contribution in [0.4, 0.5) is 0 Å². The highest BCUT2D eigenvalue weighted by atomic mass is 32.2. The molecule has 1 fully saturated rings. The SMILES string of the molecule is CCCCCSCC(NCC)C1CCOC1. The summed E-state index contributed by atoms with van der Waals surface area (Å²) in [6.45, 7) is 7.48. The van der Waals surface area contributed by atoms with E-state index in [9.17, 15) is 0 Å². The molecular weight excluding hydrogens is 218 g/mol. The number of hydrogen-bond acceptors (Lipinski definition) is 3. The number of rotatable bonds is 9. The monoisotopic (exact) mass is 245 g/mol. The van der Waals surface area contributed by atoms with Crippen molar-refractivity contribution in [3.05, 3.63) is 0 Å². The molecule has 0 aliphatic carbocycles. The van der Waals surface area contributed by atoms with Crippen molar-refractivity contribution in [3.8, 4) is 0 Å². The summed E-state index contributed by atoms with van der Waals surface area (Å²) in [6.07, 6.45) is 5.33. The molecule has 0 spiro atoms. The molecule has 1 aliphatic rings. The van der Waals surface area contributed by atoms with Crippen molar-refractivity contribution in [3.63, 3.8) is 0 Å². The van der Waals surface area contributed by atoms with E-state index in [-0.39, 0.29) is 0 Å². The fourth-order valence-electron chi connectivity index (χ4n) is 2.16. The summed E-state index contributed by atoms with van der Waals surface area (Å²) in [7, 11) is 0. The van der Waals surface area contributed by atoms with Gasteiger partial charge in [0.1, 0.15) is 0 Å². The fourth-order valence-corrected chi connectivity index (χ4v) is 3.38. The quantitative estimate of drug-likeness (QED) is 0.631. The van der Waals surface area contributed by atoms with E-state index >= 15 is 0 Å². The van der Waals surface area contributed by atoms with Gasteiger partial charge in [-0.25, -0.2) is 0 Å². The van der Waals surface area contributed by atoms with E-state index in [0.717, 1.165) is 25.7 Å². The normalized spacial score (nSPS) is 22.5. The zero-order chi connectivity index (χ0) is 11.6. The van der Waals surface area contributed by atoms with Crippen LogP contribution >= 0.6 is 11.8 Å². The topological polar surface area (TPSA) is 21.3 Å². The highest BCUT2D eigenvalue weighted by Gasteiger charge is 2.24. The van der Waals surface area contributed by atoms with Crippen molar-refractivity contribution >= 4 is 11.8 Å². The maximum absolute atomic E-state index is 5.48. The molecule has 1 heterocycles. The van der Waals surface area contributed by atoms with Gasteiger partial charge < -0.3 is 10.1 Å². The summed E-state index contributed by atoms with van der Waals surface area (Å²) in [5, 5.41) is 3.61. The Hall–Kier alpha value is 0.270. The fraction of sp³-hybridized carbons (Fsp3) is 1.00. The van der Waals surface area contributed by atoms with Gasteiger partial charge in [0.25, 0.3) is 0 Å². The van der Waals surface area contributed by atoms with Crippen LogP contribution in [0.3, 0.4) is 0 Å². The van der Waals surface area contributed by atoms with E-state index in [4.69, 9.17) is 4.74 Å². The van der Waals surface area contributed by atoms with Crippen LogP contribution in [0.5, 0.6) is 0 Å². The third-order valence-electron chi connectivity index (χ3n) is 3.19. The van der Waals surface area contributed by atoms with Crippen LogP contribution in [0.15, 0.2) is 0 Å². The zero-order valence-corrected chi connectivity index (χ0v) is 11.7. The number of nitrogens with one attached hydrogen (secondary N) is 1. The van der Waals surface area contributed by atoms with Gasteiger partial charge in [-0.05, 0) is 25.1 Å². The summed E-state index contributed by atoms with van der Waals surface area (Å²) >= 11 is 2.11. The first-order valence-electron chi connectivity index (χ1n) is 6.77. The molecule has 1 N–H and O–H groups in total. The Kier molecular flexibility index (Phi) is 8.34. The number of hydrogen-bond donors (Lipinski definition) is 1. The molecule has 2 nitrogen and oxygen atoms in total. The second-order valence-corrected chi connectivity index (χ2v) is 5.72. The summed E-state index contributed by atoms with van der Waals surface area (Å²) < 4.78 is 5.48. The molecule has 2 atom stereocenters. The molecule has 0 radical (unpaired) electrons. The van der Waals surface area contributed by atoms with Crippen molar-refractivity contribution in [2.45, 2.75) is 45.6 Å². The first-order valence-corrected chi connectivity index (χ1v) is 7.92. The Labute approximate surface area is 105 Å². The Morgan fingerprint density at radius 1 is 1.38 bits per heavy atom. The minimum absolute atomic E-state index is 0.666. The largest absolute Gasteiger partial charge is 0.381 e. The molecule has 3 heteroatoms. The lowest BCUT2D eigenvalue weighted by Gasteiger charge is -2.22. The summed E-state index contributed by atoms with van der Waals surface area (Å²) in [5.74, 6) is 3.33. The molecule has 0 aromatic rings. The standard InChI is InChI=1S/C13H27NOS/c1-3-5-6-9-16-11-13(14-4-2)12-7-8-15-10-12/h12-14H,3-11H2,1-2H3. The molecule has 0 amide bonds. The highest BCUT2D eigenvalue weighted by Crippen LogP contribution is 2.20. The van der Waals surface area contributed by atoms with Gasteiger partial charge in [-0.15, -0.1) is 0 Å². The van der Waals surface area contributed by atoms with Gasteiger partial charge in [-0.3, -0.25) is 0 Å². The van der Waals surface area contributed by atoms with Crippen molar-refractivity contribution < 1.29 is 4.74 Å². The van der Waals surface area contributed by atoms with Crippen molar-refractivity contribution in [2.24, 2.45) is 5.92 Å². The maximum Gasteiger partial charge on any atom is 0.0510 e. The van der Waals surface area contributed by atoms with E-state index in [0.29, 0.717) is 6.04 Å². The van der Waals surface area contributed by atoms with Gasteiger partial charge in [0.15, 0.2) is 0 Å². The van der Waals surface area contributed by atoms with Gasteiger partial charge >= 0.3 is 0 Å². The van der Waals surface area contributed by atoms with Crippen LogP contribution in [0.2, 0.25) is 0 Å². The lowest BCUT2D eigenvalue weighted by atomic mass is 10.0. The van der Waals surface area contributed by atoms with Gasteiger partial charge in [0.05, 0.1) is 6.61 Å². The second kappa shape index (κ2) is 9.32. The van der Waals surface area contributed by atoms with Crippen LogP contribution in [0.25, 0.3) is 0 Å². The predicted molar refractivity (Wildman–Crippen MR) is 73.2 cm³/mol. The highest BCUT2D eigenvalue weighted by molar-refractivity contribution is 7.99. The number of thioether (sulfide) groups is 1. The minimum atomic E-state index is 0.666. The Morgan fingerprint density at radius 3 is 2.88 bits per heavy atom. The molecule has 0 aromatic heterocycles. The molecule has 96 valence electrons. The average Bonchev–Trinajstić information content (AvgIpc) is 2.81. The van der Waals surface area contributed by atoms with E-state index < -0.39 is 0 Å². The first-order chi connectivity index (χ1) is 7.88. The van der Waals surface area contributed by atoms with Crippen LogP contribution in [-0.2, 0) is 4.74 Å². The van der Waals surface area contributed by atoms with E-state index in [1.165, 1.54) is 37.2 Å². The lowest BCUT2D eigenvalue weighted by molar-refractivity contribution is 0.179. The molecule has 0 bridgehead atoms. The Balaban J connectivity index is 2.12. The third kappa shape index (κ3) is 5.55. The van der Waals surface area contributed by atoms with Crippen LogP contribution < -0.4 is 5.32 Å². The number of unbranched alkanes of at least 4 members (excludes halogenated alkanes) is 2. The summed E-state index contributed by atoms with van der Waals surface area (Å²) in [6, 6.07) is 0.666. The van der Waals surface area contributed by atoms with Crippen LogP contribution in [0.1, 0.15) is 39.5 Å². The lowest BCUT2D eigenvalue weighted by Crippen LogP contribution is -2.38. The van der Waals surface area contributed by atoms with E-state index in [1.54, 1.807) is 0 Å². The average molecular weight is 245 g/mol. The number of ether oxygens (including phenoxy) is 1. The van der Waals surface area contributed by atoms with E-state index in [2.05, 4.69) is 30.9 Å².